The highest BCUT2D eigenvalue weighted by atomic mass is 32.2. The number of nitrogens with zero attached hydrogens (tertiary/aromatic N) is 3. The van der Waals surface area contributed by atoms with Crippen molar-refractivity contribution in [2.75, 3.05) is 0 Å². The van der Waals surface area contributed by atoms with Gasteiger partial charge in [-0.15, -0.1) is 0 Å². The third-order valence-electron chi connectivity index (χ3n) is 3.25. The van der Waals surface area contributed by atoms with Crippen molar-refractivity contribution in [3.8, 4) is 0 Å². The molecule has 0 saturated carbocycles. The van der Waals surface area contributed by atoms with Gasteiger partial charge in [-0.1, -0.05) is 17.7 Å². The van der Waals surface area contributed by atoms with Gasteiger partial charge < -0.3 is 0 Å². The standard InChI is InChI=1S/C14H11N3O4S/c1-10-2-6-13(7-3-10)22(20,21)16-9-11-4-5-12(17(18)19)8-14(11)15-16/h2-9H,1H3. The van der Waals surface area contributed by atoms with Gasteiger partial charge in [-0.25, -0.2) is 0 Å². The summed E-state index contributed by atoms with van der Waals surface area (Å²) in [5, 5.41) is 15.2. The molecule has 0 fully saturated rings. The summed E-state index contributed by atoms with van der Waals surface area (Å²) >= 11 is 0. The Morgan fingerprint density at radius 1 is 1.14 bits per heavy atom. The van der Waals surface area contributed by atoms with E-state index in [0.29, 0.717) is 5.39 Å². The fourth-order valence-electron chi connectivity index (χ4n) is 2.04. The lowest BCUT2D eigenvalue weighted by Crippen LogP contribution is -2.13. The van der Waals surface area contributed by atoms with Gasteiger partial charge in [0.1, 0.15) is 5.52 Å². The second-order valence-corrected chi connectivity index (χ2v) is 6.62. The molecular weight excluding hydrogens is 306 g/mol. The van der Waals surface area contributed by atoms with E-state index in [2.05, 4.69) is 5.10 Å². The molecule has 0 radical (unpaired) electrons. The Kier molecular flexibility index (Phi) is 3.18. The predicted octanol–water partition coefficient (Wildman–Crippen LogP) is 2.49. The minimum atomic E-state index is -3.81. The van der Waals surface area contributed by atoms with Crippen molar-refractivity contribution in [2.24, 2.45) is 0 Å². The van der Waals surface area contributed by atoms with Crippen LogP contribution in [0.15, 0.2) is 53.6 Å². The normalized spacial score (nSPS) is 11.7. The van der Waals surface area contributed by atoms with Gasteiger partial charge in [-0.3, -0.25) is 10.1 Å². The van der Waals surface area contributed by atoms with Gasteiger partial charge in [0.2, 0.25) is 0 Å². The second kappa shape index (κ2) is 4.92. The number of nitro benzene ring substituents is 1. The van der Waals surface area contributed by atoms with Gasteiger partial charge in [0, 0.05) is 17.5 Å². The largest absolute Gasteiger partial charge is 0.282 e. The lowest BCUT2D eigenvalue weighted by Gasteiger charge is -2.03. The van der Waals surface area contributed by atoms with E-state index in [1.807, 2.05) is 6.92 Å². The molecule has 0 aliphatic carbocycles. The van der Waals surface area contributed by atoms with E-state index in [4.69, 9.17) is 0 Å². The average molecular weight is 317 g/mol. The first-order chi connectivity index (χ1) is 10.4. The molecule has 112 valence electrons. The van der Waals surface area contributed by atoms with Crippen LogP contribution in [0.25, 0.3) is 10.9 Å². The molecule has 0 aliphatic rings. The molecule has 7 nitrogen and oxygen atoms in total. The lowest BCUT2D eigenvalue weighted by atomic mass is 10.2. The number of hydrogen-bond donors (Lipinski definition) is 0. The highest BCUT2D eigenvalue weighted by molar-refractivity contribution is 7.89. The summed E-state index contributed by atoms with van der Waals surface area (Å²) in [6.45, 7) is 1.86. The topological polar surface area (TPSA) is 95.1 Å². The van der Waals surface area contributed by atoms with E-state index in [1.54, 1.807) is 12.1 Å². The van der Waals surface area contributed by atoms with Crippen molar-refractivity contribution >= 4 is 26.6 Å². The zero-order valence-electron chi connectivity index (χ0n) is 11.5. The molecule has 3 aromatic rings. The minimum absolute atomic E-state index is 0.111. The summed E-state index contributed by atoms with van der Waals surface area (Å²) in [6.07, 6.45) is 1.34. The third-order valence-corrected chi connectivity index (χ3v) is 4.79. The van der Waals surface area contributed by atoms with Crippen molar-refractivity contribution in [1.82, 2.24) is 9.19 Å². The predicted molar refractivity (Wildman–Crippen MR) is 80.2 cm³/mol. The van der Waals surface area contributed by atoms with Gasteiger partial charge in [0.15, 0.2) is 0 Å². The molecule has 3 rings (SSSR count). The number of nitro groups is 1. The second-order valence-electron chi connectivity index (χ2n) is 4.82. The van der Waals surface area contributed by atoms with Crippen LogP contribution < -0.4 is 0 Å². The summed E-state index contributed by atoms with van der Waals surface area (Å²) in [7, 11) is -3.81. The summed E-state index contributed by atoms with van der Waals surface area (Å²) in [5.41, 5.74) is 1.07. The SMILES string of the molecule is Cc1ccc(S(=O)(=O)n2cc3ccc([N+](=O)[O-])cc3n2)cc1. The molecular formula is C14H11N3O4S. The van der Waals surface area contributed by atoms with Crippen LogP contribution in [0.2, 0.25) is 0 Å². The number of hydrogen-bond acceptors (Lipinski definition) is 5. The van der Waals surface area contributed by atoms with E-state index in [-0.39, 0.29) is 16.1 Å². The number of aryl methyl sites for hydroxylation is 1. The summed E-state index contributed by atoms with van der Waals surface area (Å²) < 4.78 is 25.8. The quantitative estimate of drug-likeness (QED) is 0.546. The molecule has 0 bridgehead atoms. The Bertz CT molecular complexity index is 975. The number of aromatic nitrogens is 2. The summed E-state index contributed by atoms with van der Waals surface area (Å²) in [6, 6.07) is 10.4. The highest BCUT2D eigenvalue weighted by Crippen LogP contribution is 2.22. The van der Waals surface area contributed by atoms with Crippen LogP contribution in [0, 0.1) is 17.0 Å². The van der Waals surface area contributed by atoms with Crippen LogP contribution in [0.5, 0.6) is 0 Å². The minimum Gasteiger partial charge on any atom is -0.258 e. The van der Waals surface area contributed by atoms with Crippen LogP contribution in [0.4, 0.5) is 5.69 Å². The first kappa shape index (κ1) is 14.2. The zero-order valence-corrected chi connectivity index (χ0v) is 12.3. The van der Waals surface area contributed by atoms with Crippen molar-refractivity contribution < 1.29 is 13.3 Å². The van der Waals surface area contributed by atoms with E-state index < -0.39 is 14.9 Å². The van der Waals surface area contributed by atoms with Gasteiger partial charge in [-0.2, -0.15) is 17.6 Å². The number of fused-ring (bicyclic) bond motifs is 1. The number of benzene rings is 2. The molecule has 0 atom stereocenters. The monoisotopic (exact) mass is 317 g/mol. The first-order valence-electron chi connectivity index (χ1n) is 6.34. The molecule has 0 N–H and O–H groups in total. The van der Waals surface area contributed by atoms with E-state index in [0.717, 1.165) is 9.65 Å². The molecule has 22 heavy (non-hydrogen) atoms. The Balaban J connectivity index is 2.13. The maximum absolute atomic E-state index is 12.5. The zero-order chi connectivity index (χ0) is 15.9. The van der Waals surface area contributed by atoms with Crippen LogP contribution in [0.3, 0.4) is 0 Å². The van der Waals surface area contributed by atoms with Crippen molar-refractivity contribution in [1.29, 1.82) is 0 Å². The molecule has 0 saturated heterocycles. The maximum Gasteiger partial charge on any atom is 0.282 e. The van der Waals surface area contributed by atoms with Gasteiger partial charge in [0.05, 0.1) is 16.0 Å². The number of rotatable bonds is 3. The fourth-order valence-corrected chi connectivity index (χ4v) is 3.18. The molecule has 0 amide bonds. The van der Waals surface area contributed by atoms with Crippen molar-refractivity contribution in [3.05, 3.63) is 64.3 Å². The molecule has 0 spiro atoms. The molecule has 0 aliphatic heterocycles. The lowest BCUT2D eigenvalue weighted by molar-refractivity contribution is -0.384. The van der Waals surface area contributed by atoms with E-state index >= 15 is 0 Å². The third kappa shape index (κ3) is 2.33. The van der Waals surface area contributed by atoms with Crippen LogP contribution >= 0.6 is 0 Å². The Morgan fingerprint density at radius 2 is 1.82 bits per heavy atom. The molecule has 1 heterocycles. The van der Waals surface area contributed by atoms with Crippen molar-refractivity contribution in [2.45, 2.75) is 11.8 Å². The molecule has 2 aromatic carbocycles. The van der Waals surface area contributed by atoms with Crippen molar-refractivity contribution in [3.63, 3.8) is 0 Å². The Morgan fingerprint density at radius 3 is 2.45 bits per heavy atom. The van der Waals surface area contributed by atoms with Crippen LogP contribution in [-0.2, 0) is 10.0 Å². The summed E-state index contributed by atoms with van der Waals surface area (Å²) in [4.78, 5) is 10.3. The summed E-state index contributed by atoms with van der Waals surface area (Å²) in [5.74, 6) is 0. The Hall–Kier alpha value is -2.74. The number of non-ortho nitro benzene ring substituents is 1. The van der Waals surface area contributed by atoms with Crippen LogP contribution in [0.1, 0.15) is 5.56 Å². The highest BCUT2D eigenvalue weighted by Gasteiger charge is 2.19. The van der Waals surface area contributed by atoms with Gasteiger partial charge >= 0.3 is 0 Å². The average Bonchev–Trinajstić information content (AvgIpc) is 2.91. The van der Waals surface area contributed by atoms with E-state index in [9.17, 15) is 18.5 Å². The van der Waals surface area contributed by atoms with Crippen LogP contribution in [-0.4, -0.2) is 22.5 Å². The smallest absolute Gasteiger partial charge is 0.258 e. The molecule has 8 heteroatoms. The molecule has 1 aromatic heterocycles. The van der Waals surface area contributed by atoms with E-state index in [1.165, 1.54) is 36.5 Å². The Labute approximate surface area is 126 Å². The van der Waals surface area contributed by atoms with Gasteiger partial charge in [0.25, 0.3) is 15.7 Å². The maximum atomic E-state index is 12.5. The fraction of sp³-hybridized carbons (Fsp3) is 0.0714. The first-order valence-corrected chi connectivity index (χ1v) is 7.78. The van der Waals surface area contributed by atoms with Gasteiger partial charge in [-0.05, 0) is 25.1 Å². The molecule has 0 unspecified atom stereocenters.